The summed E-state index contributed by atoms with van der Waals surface area (Å²) in [7, 11) is 0. The molecule has 0 aliphatic carbocycles. The molecular formula is C18H24N4O5. The summed E-state index contributed by atoms with van der Waals surface area (Å²) in [6.07, 6.45) is 0.741. The summed E-state index contributed by atoms with van der Waals surface area (Å²) in [6.45, 7) is 4.37. The summed E-state index contributed by atoms with van der Waals surface area (Å²) in [4.78, 5) is 48.5. The third kappa shape index (κ3) is 6.28. The first kappa shape index (κ1) is 20.2. The van der Waals surface area contributed by atoms with Gasteiger partial charge in [-0.25, -0.2) is 4.79 Å². The molecule has 1 aromatic rings. The maximum atomic E-state index is 12.1. The van der Waals surface area contributed by atoms with Crippen LogP contribution >= 0.6 is 0 Å². The zero-order chi connectivity index (χ0) is 19.8. The van der Waals surface area contributed by atoms with Gasteiger partial charge in [0.25, 0.3) is 0 Å². The Kier molecular flexibility index (Phi) is 7.16. The molecule has 0 spiro atoms. The zero-order valence-electron chi connectivity index (χ0n) is 15.4. The standard InChI is InChI=1S/C18H24N4O5/c1-3-27-18(26)22-9-7-13(8-10-22)20-16(24)17(25)21-15-6-4-5-14(11-15)19-12(2)23/h4-6,11,13H,3,7-10H2,1-2H3,(H,19,23)(H,20,24)(H,21,25). The highest BCUT2D eigenvalue weighted by atomic mass is 16.6. The number of amides is 4. The Bertz CT molecular complexity index is 713. The van der Waals surface area contributed by atoms with Crippen LogP contribution in [0.4, 0.5) is 16.2 Å². The van der Waals surface area contributed by atoms with Crippen LogP contribution in [0.5, 0.6) is 0 Å². The van der Waals surface area contributed by atoms with Crippen LogP contribution in [0.15, 0.2) is 24.3 Å². The van der Waals surface area contributed by atoms with Gasteiger partial charge in [0.1, 0.15) is 0 Å². The van der Waals surface area contributed by atoms with E-state index in [-0.39, 0.29) is 18.0 Å². The Morgan fingerprint density at radius 2 is 1.70 bits per heavy atom. The molecule has 0 saturated carbocycles. The number of benzene rings is 1. The first-order valence-electron chi connectivity index (χ1n) is 8.80. The van der Waals surface area contributed by atoms with Crippen molar-refractivity contribution in [2.24, 2.45) is 0 Å². The Morgan fingerprint density at radius 3 is 2.30 bits per heavy atom. The van der Waals surface area contributed by atoms with Gasteiger partial charge in [-0.1, -0.05) is 6.07 Å². The van der Waals surface area contributed by atoms with Gasteiger partial charge >= 0.3 is 17.9 Å². The lowest BCUT2D eigenvalue weighted by Gasteiger charge is -2.31. The summed E-state index contributed by atoms with van der Waals surface area (Å²) in [6, 6.07) is 6.33. The normalized spacial score (nSPS) is 14.2. The average Bonchev–Trinajstić information content (AvgIpc) is 2.62. The number of ether oxygens (including phenoxy) is 1. The van der Waals surface area contributed by atoms with Crippen molar-refractivity contribution in [1.82, 2.24) is 10.2 Å². The monoisotopic (exact) mass is 376 g/mol. The third-order valence-corrected chi connectivity index (χ3v) is 4.00. The lowest BCUT2D eigenvalue weighted by molar-refractivity contribution is -0.136. The van der Waals surface area contributed by atoms with E-state index in [0.717, 1.165) is 0 Å². The fraction of sp³-hybridized carbons (Fsp3) is 0.444. The van der Waals surface area contributed by atoms with Crippen LogP contribution in [0.3, 0.4) is 0 Å². The van der Waals surface area contributed by atoms with E-state index in [4.69, 9.17) is 4.74 Å². The van der Waals surface area contributed by atoms with Gasteiger partial charge in [0, 0.05) is 37.4 Å². The maximum Gasteiger partial charge on any atom is 0.409 e. The minimum Gasteiger partial charge on any atom is -0.450 e. The van der Waals surface area contributed by atoms with E-state index in [1.165, 1.54) is 6.92 Å². The fourth-order valence-electron chi connectivity index (χ4n) is 2.74. The van der Waals surface area contributed by atoms with Crippen LogP contribution in [-0.2, 0) is 19.1 Å². The number of likely N-dealkylation sites (tertiary alicyclic amines) is 1. The number of piperidine rings is 1. The summed E-state index contributed by atoms with van der Waals surface area (Å²) in [5.74, 6) is -1.76. The van der Waals surface area contributed by atoms with Crippen LogP contribution in [0.2, 0.25) is 0 Å². The topological polar surface area (TPSA) is 117 Å². The lowest BCUT2D eigenvalue weighted by Crippen LogP contribution is -2.49. The predicted molar refractivity (Wildman–Crippen MR) is 99.1 cm³/mol. The Morgan fingerprint density at radius 1 is 1.07 bits per heavy atom. The number of nitrogens with zero attached hydrogens (tertiary/aromatic N) is 1. The van der Waals surface area contributed by atoms with Crippen molar-refractivity contribution >= 4 is 35.2 Å². The summed E-state index contributed by atoms with van der Waals surface area (Å²) >= 11 is 0. The van der Waals surface area contributed by atoms with Gasteiger partial charge in [0.05, 0.1) is 6.61 Å². The number of hydrogen-bond donors (Lipinski definition) is 3. The highest BCUT2D eigenvalue weighted by Crippen LogP contribution is 2.15. The van der Waals surface area contributed by atoms with Crippen LogP contribution in [-0.4, -0.2) is 54.5 Å². The van der Waals surface area contributed by atoms with Crippen molar-refractivity contribution in [3.63, 3.8) is 0 Å². The maximum absolute atomic E-state index is 12.1. The second-order valence-electron chi connectivity index (χ2n) is 6.15. The molecule has 9 nitrogen and oxygen atoms in total. The van der Waals surface area contributed by atoms with Crippen molar-refractivity contribution in [3.05, 3.63) is 24.3 Å². The van der Waals surface area contributed by atoms with Crippen molar-refractivity contribution < 1.29 is 23.9 Å². The zero-order valence-corrected chi connectivity index (χ0v) is 15.4. The Labute approximate surface area is 157 Å². The largest absolute Gasteiger partial charge is 0.450 e. The van der Waals surface area contributed by atoms with E-state index in [0.29, 0.717) is 43.9 Å². The van der Waals surface area contributed by atoms with Gasteiger partial charge in [-0.2, -0.15) is 0 Å². The molecule has 0 unspecified atom stereocenters. The molecule has 146 valence electrons. The molecule has 1 heterocycles. The Balaban J connectivity index is 1.82. The fourth-order valence-corrected chi connectivity index (χ4v) is 2.74. The van der Waals surface area contributed by atoms with Gasteiger partial charge in [-0.05, 0) is 38.0 Å². The van der Waals surface area contributed by atoms with E-state index < -0.39 is 11.8 Å². The second-order valence-corrected chi connectivity index (χ2v) is 6.15. The van der Waals surface area contributed by atoms with Crippen LogP contribution in [0.25, 0.3) is 0 Å². The van der Waals surface area contributed by atoms with Gasteiger partial charge in [-0.15, -0.1) is 0 Å². The molecule has 3 N–H and O–H groups in total. The molecule has 1 aliphatic heterocycles. The second kappa shape index (κ2) is 9.56. The molecule has 4 amide bonds. The number of carbonyl (C=O) groups excluding carboxylic acids is 4. The molecule has 0 bridgehead atoms. The SMILES string of the molecule is CCOC(=O)N1CCC(NC(=O)C(=O)Nc2cccc(NC(C)=O)c2)CC1. The molecule has 1 fully saturated rings. The van der Waals surface area contributed by atoms with Crippen LogP contribution < -0.4 is 16.0 Å². The molecular weight excluding hydrogens is 352 g/mol. The Hall–Kier alpha value is -3.10. The number of nitrogens with one attached hydrogen (secondary N) is 3. The van der Waals surface area contributed by atoms with E-state index in [1.807, 2.05) is 0 Å². The van der Waals surface area contributed by atoms with E-state index in [1.54, 1.807) is 36.1 Å². The first-order chi connectivity index (χ1) is 12.9. The number of hydrogen-bond acceptors (Lipinski definition) is 5. The lowest BCUT2D eigenvalue weighted by atomic mass is 10.1. The molecule has 1 aromatic carbocycles. The van der Waals surface area contributed by atoms with E-state index >= 15 is 0 Å². The van der Waals surface area contributed by atoms with Crippen molar-refractivity contribution in [1.29, 1.82) is 0 Å². The molecule has 1 saturated heterocycles. The van der Waals surface area contributed by atoms with Gasteiger partial charge < -0.3 is 25.6 Å². The average molecular weight is 376 g/mol. The summed E-state index contributed by atoms with van der Waals surface area (Å²) in [5.41, 5.74) is 0.922. The van der Waals surface area contributed by atoms with Crippen molar-refractivity contribution in [3.8, 4) is 0 Å². The highest BCUT2D eigenvalue weighted by Gasteiger charge is 2.26. The van der Waals surface area contributed by atoms with Crippen LogP contribution in [0.1, 0.15) is 26.7 Å². The predicted octanol–water partition coefficient (Wildman–Crippen LogP) is 1.32. The third-order valence-electron chi connectivity index (χ3n) is 4.00. The number of anilines is 2. The smallest absolute Gasteiger partial charge is 0.409 e. The van der Waals surface area contributed by atoms with E-state index in [9.17, 15) is 19.2 Å². The molecule has 0 radical (unpaired) electrons. The molecule has 0 atom stereocenters. The molecule has 1 aliphatic rings. The minimum atomic E-state index is -0.789. The van der Waals surface area contributed by atoms with Crippen LogP contribution in [0, 0.1) is 0 Å². The minimum absolute atomic E-state index is 0.181. The molecule has 0 aromatic heterocycles. The number of rotatable bonds is 4. The van der Waals surface area contributed by atoms with Gasteiger partial charge in [0.2, 0.25) is 5.91 Å². The van der Waals surface area contributed by atoms with E-state index in [2.05, 4.69) is 16.0 Å². The molecule has 27 heavy (non-hydrogen) atoms. The summed E-state index contributed by atoms with van der Waals surface area (Å²) in [5, 5.41) is 7.78. The highest BCUT2D eigenvalue weighted by molar-refractivity contribution is 6.39. The first-order valence-corrected chi connectivity index (χ1v) is 8.80. The summed E-state index contributed by atoms with van der Waals surface area (Å²) < 4.78 is 4.95. The quantitative estimate of drug-likeness (QED) is 0.685. The molecule has 2 rings (SSSR count). The van der Waals surface area contributed by atoms with Gasteiger partial charge in [0.15, 0.2) is 0 Å². The van der Waals surface area contributed by atoms with Gasteiger partial charge in [-0.3, -0.25) is 14.4 Å². The van der Waals surface area contributed by atoms with Crippen molar-refractivity contribution in [2.45, 2.75) is 32.7 Å². The van der Waals surface area contributed by atoms with Crippen molar-refractivity contribution in [2.75, 3.05) is 30.3 Å². The number of carbonyl (C=O) groups is 4. The molecule has 9 heteroatoms.